The molecule has 434 valence electrons. The number of nitrogens with zero attached hydrogens (tertiary/aromatic N) is 5. The number of halogens is 5. The van der Waals surface area contributed by atoms with Crippen molar-refractivity contribution in [2.45, 2.75) is 112 Å². The van der Waals surface area contributed by atoms with E-state index in [0.29, 0.717) is 23.2 Å². The van der Waals surface area contributed by atoms with Gasteiger partial charge in [-0.05, 0) is 152 Å². The molecule has 4 aromatic rings. The first-order valence-corrected chi connectivity index (χ1v) is 31.8. The molecule has 0 bridgehead atoms. The maximum absolute atomic E-state index is 14.2. The number of alkyl halides is 3. The Morgan fingerprint density at radius 3 is 2.14 bits per heavy atom. The zero-order valence-electron chi connectivity index (χ0n) is 45.3. The highest BCUT2D eigenvalue weighted by molar-refractivity contribution is 9.10. The van der Waals surface area contributed by atoms with Gasteiger partial charge in [0.05, 0.1) is 10.6 Å². The molecule has 4 fully saturated rings. The van der Waals surface area contributed by atoms with E-state index in [4.69, 9.17) is 11.6 Å². The van der Waals surface area contributed by atoms with E-state index < -0.39 is 58.7 Å². The summed E-state index contributed by atoms with van der Waals surface area (Å²) in [6.45, 7) is 12.8. The van der Waals surface area contributed by atoms with Crippen LogP contribution >= 0.6 is 27.5 Å². The van der Waals surface area contributed by atoms with E-state index in [2.05, 4.69) is 72.1 Å². The Balaban J connectivity index is 0.701. The lowest BCUT2D eigenvalue weighted by molar-refractivity contribution is -0.136. The van der Waals surface area contributed by atoms with E-state index in [1.807, 2.05) is 29.0 Å². The predicted octanol–water partition coefficient (Wildman–Crippen LogP) is 8.85. The number of carbonyl (C=O) groups excluding carboxylic acids is 4. The minimum Gasteiger partial charge on any atom is -0.384 e. The number of nitrogens with one attached hydrogen (secondary N) is 3. The second-order valence-electron chi connectivity index (χ2n) is 23.2. The Morgan fingerprint density at radius 1 is 0.802 bits per heavy atom. The van der Waals surface area contributed by atoms with Gasteiger partial charge in [0.1, 0.15) is 10.9 Å². The topological polar surface area (TPSA) is 189 Å². The molecular weight excluding hydrogens is 1170 g/mol. The van der Waals surface area contributed by atoms with Crippen LogP contribution < -0.4 is 20.3 Å². The molecule has 3 N–H and O–H groups in total. The monoisotopic (exact) mass is 1240 g/mol. The summed E-state index contributed by atoms with van der Waals surface area (Å²) < 4.78 is 98.5. The summed E-state index contributed by atoms with van der Waals surface area (Å²) in [5.41, 5.74) is 1.27. The van der Waals surface area contributed by atoms with E-state index in [1.165, 1.54) is 33.7 Å². The number of carbonyl (C=O) groups is 4. The number of hydrogen-bond acceptors (Lipinski definition) is 13. The molecule has 0 spiro atoms. The molecule has 10 rings (SSSR count). The number of allylic oxidation sites excluding steroid dienone is 1. The summed E-state index contributed by atoms with van der Waals surface area (Å²) in [6, 6.07) is 20.4. The molecule has 4 heterocycles. The van der Waals surface area contributed by atoms with Crippen molar-refractivity contribution in [2.24, 2.45) is 11.3 Å². The molecule has 16 nitrogen and oxygen atoms in total. The third-order valence-electron chi connectivity index (χ3n) is 17.1. The standard InChI is InChI=1S/C58H67BrClF3N8O8S2/c1-57(2)20-19-46(39-5-9-42(60)10-6-39)41(32-57)35-68-23-27-70(28-24-68)44-13-7-40(8-14-44)54(73)66-81(78,79)45-15-16-50(52(31-45)80(76,77)58(61,62)63)64-33-37-3-11-43(12-4-37)69-25-21-67(22-26-69)34-38-29-47-48(49(59)30-38)36-71(56(47)75)51-17-18-53(72)65-55(51)74/h5-10,13-16,29-31,37,43,51,64H,3-4,11-12,17-28,32-36H2,1-2H3,(H,66,73)(H,65,72,74). The summed E-state index contributed by atoms with van der Waals surface area (Å²) in [6.07, 6.45) is 6.70. The van der Waals surface area contributed by atoms with Gasteiger partial charge in [0, 0.05) is 117 Å². The maximum atomic E-state index is 14.2. The Labute approximate surface area is 484 Å². The SMILES string of the molecule is CC1(C)CCC(c2ccc(Cl)cc2)=C(CN2CCN(c3ccc(C(=O)NS(=O)(=O)c4ccc(NCC5CCC(N6CCN(Cc7cc(Br)c8c(c7)C(=O)N(C7CCC(=O)NC7=O)C8)CC6)CC5)c(S(=O)(=O)C(F)(F)F)c4)cc3)CC2)C1. The first-order valence-electron chi connectivity index (χ1n) is 27.6. The first kappa shape index (κ1) is 58.8. The molecule has 4 aliphatic heterocycles. The second-order valence-corrected chi connectivity index (χ2v) is 28.0. The van der Waals surface area contributed by atoms with E-state index in [9.17, 15) is 49.2 Å². The number of imide groups is 1. The van der Waals surface area contributed by atoms with Crippen LogP contribution in [-0.4, -0.2) is 143 Å². The van der Waals surface area contributed by atoms with Crippen molar-refractivity contribution in [3.05, 3.63) is 122 Å². The molecule has 3 saturated heterocycles. The Kier molecular flexibility index (Phi) is 17.2. The van der Waals surface area contributed by atoms with Gasteiger partial charge in [0.2, 0.25) is 11.8 Å². The van der Waals surface area contributed by atoms with E-state index in [1.54, 1.807) is 12.1 Å². The fourth-order valence-corrected chi connectivity index (χ4v) is 15.3. The number of piperidine rings is 1. The maximum Gasteiger partial charge on any atom is 0.501 e. The van der Waals surface area contributed by atoms with Crippen molar-refractivity contribution in [3.63, 3.8) is 0 Å². The van der Waals surface area contributed by atoms with Crippen molar-refractivity contribution in [2.75, 3.05) is 75.7 Å². The van der Waals surface area contributed by atoms with E-state index in [-0.39, 0.29) is 60.7 Å². The molecule has 2 aliphatic carbocycles. The van der Waals surface area contributed by atoms with E-state index in [0.717, 1.165) is 137 Å². The van der Waals surface area contributed by atoms with Gasteiger partial charge >= 0.3 is 5.51 Å². The zero-order valence-corrected chi connectivity index (χ0v) is 49.3. The van der Waals surface area contributed by atoms with Gasteiger partial charge in [-0.25, -0.2) is 21.6 Å². The smallest absolute Gasteiger partial charge is 0.384 e. The molecule has 1 saturated carbocycles. The van der Waals surface area contributed by atoms with Crippen molar-refractivity contribution < 1.29 is 49.2 Å². The van der Waals surface area contributed by atoms with E-state index >= 15 is 0 Å². The number of fused-ring (bicyclic) bond motifs is 1. The minimum atomic E-state index is -6.04. The average Bonchev–Trinajstić information content (AvgIpc) is 3.84. The van der Waals surface area contributed by atoms with Crippen LogP contribution in [-0.2, 0) is 42.5 Å². The molecule has 6 aliphatic rings. The van der Waals surface area contributed by atoms with Crippen LogP contribution in [0.1, 0.15) is 109 Å². The summed E-state index contributed by atoms with van der Waals surface area (Å²) in [4.78, 5) is 60.0. The van der Waals surface area contributed by atoms with Crippen LogP contribution in [0.5, 0.6) is 0 Å². The number of anilines is 2. The largest absolute Gasteiger partial charge is 0.501 e. The number of piperazine rings is 2. The summed E-state index contributed by atoms with van der Waals surface area (Å²) in [5.74, 6) is -2.05. The van der Waals surface area contributed by atoms with Gasteiger partial charge in [0.25, 0.3) is 31.7 Å². The van der Waals surface area contributed by atoms with Crippen LogP contribution in [0.25, 0.3) is 5.57 Å². The minimum absolute atomic E-state index is 0.00124. The van der Waals surface area contributed by atoms with Crippen molar-refractivity contribution in [1.29, 1.82) is 0 Å². The molecule has 1 unspecified atom stereocenters. The first-order chi connectivity index (χ1) is 38.4. The highest BCUT2D eigenvalue weighted by Crippen LogP contribution is 2.43. The lowest BCUT2D eigenvalue weighted by atomic mass is 9.73. The zero-order chi connectivity index (χ0) is 57.6. The molecule has 4 amide bonds. The number of sulfone groups is 1. The summed E-state index contributed by atoms with van der Waals surface area (Å²) in [7, 11) is -10.9. The summed E-state index contributed by atoms with van der Waals surface area (Å²) >= 11 is 9.85. The quantitative estimate of drug-likeness (QED) is 0.0959. The molecule has 23 heteroatoms. The van der Waals surface area contributed by atoms with Gasteiger partial charge in [-0.15, -0.1) is 0 Å². The number of amides is 4. The van der Waals surface area contributed by atoms with Crippen molar-refractivity contribution >= 4 is 88.0 Å². The van der Waals surface area contributed by atoms with Gasteiger partial charge in [-0.2, -0.15) is 13.2 Å². The fourth-order valence-electron chi connectivity index (χ4n) is 12.5. The Hall–Kier alpha value is -5.36. The third-order valence-corrected chi connectivity index (χ3v) is 20.9. The number of hydrogen-bond donors (Lipinski definition) is 3. The highest BCUT2D eigenvalue weighted by Gasteiger charge is 2.49. The predicted molar refractivity (Wildman–Crippen MR) is 307 cm³/mol. The summed E-state index contributed by atoms with van der Waals surface area (Å²) in [5, 5.41) is 5.94. The Morgan fingerprint density at radius 2 is 1.47 bits per heavy atom. The van der Waals surface area contributed by atoms with Gasteiger partial charge in [0.15, 0.2) is 0 Å². The number of sulfonamides is 1. The molecule has 1 atom stereocenters. The molecular formula is C58H67BrClF3N8O8S2. The van der Waals surface area contributed by atoms with Crippen LogP contribution in [0.2, 0.25) is 5.02 Å². The van der Waals surface area contributed by atoms with Gasteiger partial charge in [-0.3, -0.25) is 39.2 Å². The molecule has 0 radical (unpaired) electrons. The van der Waals surface area contributed by atoms with Crippen LogP contribution in [0.4, 0.5) is 24.5 Å². The lowest BCUT2D eigenvalue weighted by Crippen LogP contribution is -2.52. The Bertz CT molecular complexity index is 3340. The molecule has 81 heavy (non-hydrogen) atoms. The number of benzene rings is 4. The second kappa shape index (κ2) is 23.7. The van der Waals surface area contributed by atoms with Crippen LogP contribution in [0, 0.1) is 11.3 Å². The fraction of sp³-hybridized carbons (Fsp3) is 0.483. The van der Waals surface area contributed by atoms with Crippen LogP contribution in [0.3, 0.4) is 0 Å². The third kappa shape index (κ3) is 13.2. The number of rotatable bonds is 15. The lowest BCUT2D eigenvalue weighted by Gasteiger charge is -2.42. The molecule has 0 aromatic heterocycles. The van der Waals surface area contributed by atoms with Crippen molar-refractivity contribution in [3.8, 4) is 0 Å². The average molecular weight is 1240 g/mol. The van der Waals surface area contributed by atoms with Crippen LogP contribution in [0.15, 0.2) is 98.7 Å². The molecule has 4 aromatic carbocycles. The normalized spacial score (nSPS) is 22.7. The highest BCUT2D eigenvalue weighted by atomic mass is 79.9. The van der Waals surface area contributed by atoms with Gasteiger partial charge < -0.3 is 15.1 Å². The van der Waals surface area contributed by atoms with Crippen molar-refractivity contribution in [1.82, 2.24) is 29.6 Å². The van der Waals surface area contributed by atoms with Gasteiger partial charge in [-0.1, -0.05) is 59.1 Å².